The Kier molecular flexibility index (Phi) is 14.2. The number of carbonyl (C=O) groups is 3. The van der Waals surface area contributed by atoms with Crippen molar-refractivity contribution in [3.8, 4) is 11.5 Å². The van der Waals surface area contributed by atoms with Crippen LogP contribution >= 0.6 is 31.9 Å². The van der Waals surface area contributed by atoms with Crippen LogP contribution in [0.3, 0.4) is 0 Å². The van der Waals surface area contributed by atoms with Gasteiger partial charge in [-0.05, 0) is 86.6 Å². The molecule has 2 unspecified atom stereocenters. The van der Waals surface area contributed by atoms with Crippen molar-refractivity contribution >= 4 is 50.3 Å². The molecule has 2 heterocycles. The number of hydrogen-bond acceptors (Lipinski definition) is 10. The fourth-order valence-corrected chi connectivity index (χ4v) is 4.64. The second-order valence-electron chi connectivity index (χ2n) is 13.5. The molecule has 0 aliphatic carbocycles. The maximum Gasteiger partial charge on any atom is 0.519 e. The van der Waals surface area contributed by atoms with Crippen LogP contribution in [-0.4, -0.2) is 48.4 Å². The first kappa shape index (κ1) is 39.1. The molecular formula is C33H46Br2N2O9. The number of nitrogens with one attached hydrogen (secondary N) is 1. The van der Waals surface area contributed by atoms with E-state index < -0.39 is 35.2 Å². The topological polar surface area (TPSA) is 145 Å². The molecule has 0 saturated carbocycles. The number of alkyl carbamates (subject to hydrolysis) is 1. The van der Waals surface area contributed by atoms with Gasteiger partial charge in [-0.25, -0.2) is 14.4 Å². The lowest BCUT2D eigenvalue weighted by Gasteiger charge is -2.28. The molecule has 0 saturated heterocycles. The first-order valence-corrected chi connectivity index (χ1v) is 16.4. The fraction of sp³-hybridized carbons (Fsp3) is 0.545. The van der Waals surface area contributed by atoms with E-state index in [1.54, 1.807) is 41.5 Å². The van der Waals surface area contributed by atoms with Crippen molar-refractivity contribution in [1.82, 2.24) is 5.32 Å². The van der Waals surface area contributed by atoms with Crippen LogP contribution in [-0.2, 0) is 18.9 Å². The summed E-state index contributed by atoms with van der Waals surface area (Å²) in [5, 5.41) is 2.89. The van der Waals surface area contributed by atoms with Crippen molar-refractivity contribution in [1.29, 1.82) is 0 Å². The van der Waals surface area contributed by atoms with Gasteiger partial charge in [0.1, 0.15) is 28.3 Å². The lowest BCUT2D eigenvalue weighted by molar-refractivity contribution is -0.0294. The molecule has 2 aliphatic rings. The van der Waals surface area contributed by atoms with Gasteiger partial charge < -0.3 is 39.5 Å². The molecule has 4 rings (SSSR count). The predicted octanol–water partition coefficient (Wildman–Crippen LogP) is 8.90. The second-order valence-corrected chi connectivity index (χ2v) is 15.3. The van der Waals surface area contributed by atoms with Crippen LogP contribution in [0.1, 0.15) is 98.4 Å². The number of carbonyl (C=O) groups excluding carboxylic acids is 3. The first-order chi connectivity index (χ1) is 21.1. The zero-order valence-corrected chi connectivity index (χ0v) is 31.1. The van der Waals surface area contributed by atoms with Crippen LogP contribution < -0.4 is 20.5 Å². The van der Waals surface area contributed by atoms with Crippen molar-refractivity contribution in [2.75, 3.05) is 13.2 Å². The molecular weight excluding hydrogens is 728 g/mol. The van der Waals surface area contributed by atoms with Crippen molar-refractivity contribution < 1.29 is 42.8 Å². The number of benzene rings is 2. The van der Waals surface area contributed by atoms with Gasteiger partial charge in [0.05, 0.1) is 19.3 Å². The highest BCUT2D eigenvalue weighted by Crippen LogP contribution is 2.34. The summed E-state index contributed by atoms with van der Waals surface area (Å²) < 4.78 is 32.1. The van der Waals surface area contributed by atoms with Gasteiger partial charge in [0, 0.05) is 39.0 Å². The van der Waals surface area contributed by atoms with Crippen molar-refractivity contribution in [3.05, 3.63) is 56.5 Å². The van der Waals surface area contributed by atoms with Gasteiger partial charge >= 0.3 is 18.4 Å². The Bertz CT molecular complexity index is 1320. The molecule has 2 atom stereocenters. The Morgan fingerprint density at radius 1 is 0.717 bits per heavy atom. The third-order valence-electron chi connectivity index (χ3n) is 5.71. The smallest absolute Gasteiger partial charge is 0.493 e. The molecule has 0 radical (unpaired) electrons. The van der Waals surface area contributed by atoms with Crippen molar-refractivity contribution in [3.63, 3.8) is 0 Å². The summed E-state index contributed by atoms with van der Waals surface area (Å²) >= 11 is 6.80. The number of ether oxygens (including phenoxy) is 6. The second kappa shape index (κ2) is 16.7. The molecule has 46 heavy (non-hydrogen) atoms. The number of amides is 1. The molecule has 3 N–H and O–H groups in total. The highest BCUT2D eigenvalue weighted by molar-refractivity contribution is 9.10. The van der Waals surface area contributed by atoms with Gasteiger partial charge in [0.25, 0.3) is 0 Å². The molecule has 0 fully saturated rings. The van der Waals surface area contributed by atoms with E-state index in [0.29, 0.717) is 6.61 Å². The summed E-state index contributed by atoms with van der Waals surface area (Å²) in [5.41, 5.74) is 6.12. The van der Waals surface area contributed by atoms with Crippen LogP contribution in [0, 0.1) is 0 Å². The van der Waals surface area contributed by atoms with Gasteiger partial charge in [-0.1, -0.05) is 44.0 Å². The van der Waals surface area contributed by atoms with Gasteiger partial charge in [0.2, 0.25) is 0 Å². The number of fused-ring (bicyclic) bond motifs is 2. The zero-order chi connectivity index (χ0) is 34.9. The van der Waals surface area contributed by atoms with E-state index in [4.69, 9.17) is 29.4 Å². The number of halogens is 2. The monoisotopic (exact) mass is 772 g/mol. The normalized spacial score (nSPS) is 17.0. The minimum atomic E-state index is -1.06. The quantitative estimate of drug-likeness (QED) is 0.164. The van der Waals surface area contributed by atoms with E-state index in [-0.39, 0.29) is 12.1 Å². The Hall–Kier alpha value is -3.03. The number of nitrogens with two attached hydrogens (primary N) is 1. The number of rotatable bonds is 1. The maximum absolute atomic E-state index is 11.8. The van der Waals surface area contributed by atoms with Crippen LogP contribution in [0.2, 0.25) is 0 Å². The molecule has 0 bridgehead atoms. The van der Waals surface area contributed by atoms with Crippen molar-refractivity contribution in [2.24, 2.45) is 5.73 Å². The molecule has 2 aliphatic heterocycles. The summed E-state index contributed by atoms with van der Waals surface area (Å²) in [7, 11) is 0. The SMILES string of the molecule is CC(C)(C)OC(=O)NC1CCOc2cc(Br)ccc21.CC(C)(C)OC(=O)OC(=O)OC(C)(C)C.NC1CCOc2cc(Br)ccc21. The molecule has 2 aromatic carbocycles. The fourth-order valence-electron chi connectivity index (χ4n) is 3.96. The minimum absolute atomic E-state index is 0.0632. The Morgan fingerprint density at radius 2 is 1.15 bits per heavy atom. The van der Waals surface area contributed by atoms with E-state index >= 15 is 0 Å². The summed E-state index contributed by atoms with van der Waals surface area (Å²) in [6, 6.07) is 11.9. The van der Waals surface area contributed by atoms with Crippen molar-refractivity contribution in [2.45, 2.75) is 104 Å². The van der Waals surface area contributed by atoms with Gasteiger partial charge in [-0.15, -0.1) is 0 Å². The highest BCUT2D eigenvalue weighted by Gasteiger charge is 2.26. The van der Waals surface area contributed by atoms with Gasteiger partial charge in [-0.2, -0.15) is 0 Å². The molecule has 0 spiro atoms. The third kappa shape index (κ3) is 15.0. The van der Waals surface area contributed by atoms with E-state index in [1.807, 2.05) is 57.2 Å². The maximum atomic E-state index is 11.8. The molecule has 1 amide bonds. The largest absolute Gasteiger partial charge is 0.519 e. The Morgan fingerprint density at radius 3 is 1.63 bits per heavy atom. The predicted molar refractivity (Wildman–Crippen MR) is 181 cm³/mol. The van der Waals surface area contributed by atoms with Gasteiger partial charge in [0.15, 0.2) is 0 Å². The Labute approximate surface area is 288 Å². The van der Waals surface area contributed by atoms with Crippen LogP contribution in [0.15, 0.2) is 45.3 Å². The van der Waals surface area contributed by atoms with E-state index in [0.717, 1.165) is 51.0 Å². The number of hydrogen-bond donors (Lipinski definition) is 2. The van der Waals surface area contributed by atoms with Gasteiger partial charge in [-0.3, -0.25) is 0 Å². The molecule has 13 heteroatoms. The van der Waals surface area contributed by atoms with Crippen LogP contribution in [0.5, 0.6) is 11.5 Å². The average molecular weight is 775 g/mol. The summed E-state index contributed by atoms with van der Waals surface area (Å²) in [6.45, 7) is 16.9. The molecule has 11 nitrogen and oxygen atoms in total. The minimum Gasteiger partial charge on any atom is -0.493 e. The van der Waals surface area contributed by atoms with E-state index in [1.165, 1.54) is 0 Å². The van der Waals surface area contributed by atoms with E-state index in [9.17, 15) is 14.4 Å². The summed E-state index contributed by atoms with van der Waals surface area (Å²) in [5.74, 6) is 1.73. The van der Waals surface area contributed by atoms with Crippen LogP contribution in [0.25, 0.3) is 0 Å². The Balaban J connectivity index is 0.000000247. The zero-order valence-electron chi connectivity index (χ0n) is 28.0. The summed E-state index contributed by atoms with van der Waals surface area (Å²) in [4.78, 5) is 33.8. The first-order valence-electron chi connectivity index (χ1n) is 14.9. The molecule has 256 valence electrons. The lowest BCUT2D eigenvalue weighted by atomic mass is 10.0. The molecule has 0 aromatic heterocycles. The standard InChI is InChI=1S/C14H18BrNO3.C10H18O5.C9H10BrNO/c1-14(2,3)19-13(17)16-11-6-7-18-12-8-9(15)4-5-10(11)12;1-9(2,3)14-7(11)13-8(12)15-10(4,5)6;10-6-1-2-7-8(11)3-4-12-9(7)5-6/h4-5,8,11H,6-7H2,1-3H3,(H,16,17);1-6H3;1-2,5,8H,3-4,11H2. The summed E-state index contributed by atoms with van der Waals surface area (Å²) in [6.07, 6.45) is -0.857. The van der Waals surface area contributed by atoms with Crippen LogP contribution in [0.4, 0.5) is 14.4 Å². The third-order valence-corrected chi connectivity index (χ3v) is 6.70. The molecule has 2 aromatic rings. The van der Waals surface area contributed by atoms with E-state index in [2.05, 4.69) is 41.9 Å². The highest BCUT2D eigenvalue weighted by atomic mass is 79.9. The lowest BCUT2D eigenvalue weighted by Crippen LogP contribution is -2.36. The average Bonchev–Trinajstić information content (AvgIpc) is 2.86.